The highest BCUT2D eigenvalue weighted by molar-refractivity contribution is 9.10. The van der Waals surface area contributed by atoms with E-state index in [4.69, 9.17) is 9.47 Å². The lowest BCUT2D eigenvalue weighted by Gasteiger charge is -2.18. The lowest BCUT2D eigenvalue weighted by Crippen LogP contribution is -2.05. The van der Waals surface area contributed by atoms with E-state index in [1.54, 1.807) is 7.11 Å². The Bertz CT molecular complexity index is 392. The summed E-state index contributed by atoms with van der Waals surface area (Å²) in [6, 6.07) is 6.21. The van der Waals surface area contributed by atoms with E-state index >= 15 is 0 Å². The summed E-state index contributed by atoms with van der Waals surface area (Å²) in [7, 11) is 1.73. The molecule has 3 atom stereocenters. The topological polar surface area (TPSA) is 21.8 Å². The van der Waals surface area contributed by atoms with Gasteiger partial charge in [-0.05, 0) is 49.4 Å². The minimum atomic E-state index is 0.433. The average Bonchev–Trinajstić information content (AvgIpc) is 3.02. The molecule has 94 valence electrons. The van der Waals surface area contributed by atoms with Crippen molar-refractivity contribution in [1.82, 2.24) is 0 Å². The van der Waals surface area contributed by atoms with Gasteiger partial charge in [0.2, 0.25) is 0 Å². The Morgan fingerprint density at radius 3 is 2.71 bits per heavy atom. The first kappa shape index (κ1) is 12.9. The molecule has 3 heteroatoms. The Kier molecular flexibility index (Phi) is 4.10. The van der Waals surface area contributed by atoms with E-state index in [9.17, 15) is 0 Å². The second kappa shape index (κ2) is 5.40. The van der Waals surface area contributed by atoms with Gasteiger partial charge in [-0.15, -0.1) is 0 Å². The molecule has 0 radical (unpaired) electrons. The van der Waals surface area contributed by atoms with Crippen LogP contribution in [0, 0.1) is 0 Å². The van der Waals surface area contributed by atoms with Gasteiger partial charge >= 0.3 is 0 Å². The summed E-state index contributed by atoms with van der Waals surface area (Å²) in [6.07, 6.45) is 3.06. The summed E-state index contributed by atoms with van der Waals surface area (Å²) in [4.78, 5) is 0. The first-order valence-electron chi connectivity index (χ1n) is 6.14. The zero-order valence-corrected chi connectivity index (χ0v) is 12.2. The number of benzene rings is 1. The van der Waals surface area contributed by atoms with Gasteiger partial charge in [0.05, 0.1) is 19.3 Å². The predicted molar refractivity (Wildman–Crippen MR) is 72.7 cm³/mol. The van der Waals surface area contributed by atoms with E-state index < -0.39 is 0 Å². The number of ether oxygens (including phenoxy) is 2. The van der Waals surface area contributed by atoms with E-state index in [-0.39, 0.29) is 0 Å². The number of epoxide rings is 1. The Hall–Kier alpha value is -0.540. The lowest BCUT2D eigenvalue weighted by atomic mass is 9.90. The van der Waals surface area contributed by atoms with Crippen molar-refractivity contribution >= 4 is 15.9 Å². The molecule has 0 bridgehead atoms. The molecule has 1 aliphatic heterocycles. The van der Waals surface area contributed by atoms with Gasteiger partial charge in [-0.25, -0.2) is 0 Å². The second-order valence-electron chi connectivity index (χ2n) is 4.61. The molecule has 0 spiro atoms. The lowest BCUT2D eigenvalue weighted by molar-refractivity contribution is 0.352. The molecule has 0 amide bonds. The summed E-state index contributed by atoms with van der Waals surface area (Å²) in [5.41, 5.74) is 1.28. The molecule has 1 aromatic carbocycles. The minimum Gasteiger partial charge on any atom is -0.496 e. The van der Waals surface area contributed by atoms with E-state index in [1.807, 2.05) is 12.1 Å². The molecule has 0 aliphatic carbocycles. The quantitative estimate of drug-likeness (QED) is 0.763. The maximum atomic E-state index is 5.52. The van der Waals surface area contributed by atoms with Gasteiger partial charge in [0.15, 0.2) is 0 Å². The second-order valence-corrected chi connectivity index (χ2v) is 5.52. The normalized spacial score (nSPS) is 24.5. The number of rotatable bonds is 5. The molecule has 1 fully saturated rings. The van der Waals surface area contributed by atoms with Gasteiger partial charge in [-0.3, -0.25) is 0 Å². The zero-order chi connectivity index (χ0) is 12.4. The van der Waals surface area contributed by atoms with Crippen LogP contribution in [0.25, 0.3) is 0 Å². The molecular formula is C14H19BrO2. The standard InChI is InChI=1S/C14H19BrO2/c1-4-10(7-14-9(2)17-14)12-8-11(15)5-6-13(12)16-3/h5-6,8-10,14H,4,7H2,1-3H3. The average molecular weight is 299 g/mol. The van der Waals surface area contributed by atoms with Crippen LogP contribution in [0.2, 0.25) is 0 Å². The van der Waals surface area contributed by atoms with Crippen LogP contribution < -0.4 is 4.74 Å². The predicted octanol–water partition coefficient (Wildman–Crippen LogP) is 4.13. The molecule has 17 heavy (non-hydrogen) atoms. The van der Waals surface area contributed by atoms with Crippen LogP contribution in [-0.2, 0) is 4.74 Å². The van der Waals surface area contributed by atoms with Crippen molar-refractivity contribution in [1.29, 1.82) is 0 Å². The van der Waals surface area contributed by atoms with E-state index in [0.717, 1.165) is 23.1 Å². The van der Waals surface area contributed by atoms with Crippen molar-refractivity contribution in [3.8, 4) is 5.75 Å². The largest absolute Gasteiger partial charge is 0.496 e. The molecule has 0 saturated carbocycles. The molecule has 2 rings (SSSR count). The fraction of sp³-hybridized carbons (Fsp3) is 0.571. The Labute approximate surface area is 111 Å². The van der Waals surface area contributed by atoms with Gasteiger partial charge in [0.1, 0.15) is 5.75 Å². The summed E-state index contributed by atoms with van der Waals surface area (Å²) >= 11 is 3.53. The molecule has 0 aromatic heterocycles. The van der Waals surface area contributed by atoms with Crippen molar-refractivity contribution in [2.24, 2.45) is 0 Å². The highest BCUT2D eigenvalue weighted by atomic mass is 79.9. The van der Waals surface area contributed by atoms with Crippen LogP contribution in [-0.4, -0.2) is 19.3 Å². The van der Waals surface area contributed by atoms with Crippen LogP contribution in [0.3, 0.4) is 0 Å². The van der Waals surface area contributed by atoms with E-state index in [2.05, 4.69) is 35.8 Å². The Morgan fingerprint density at radius 2 is 2.18 bits per heavy atom. The first-order chi connectivity index (χ1) is 8.15. The molecule has 1 aliphatic rings. The maximum absolute atomic E-state index is 5.52. The number of hydrogen-bond acceptors (Lipinski definition) is 2. The van der Waals surface area contributed by atoms with Crippen LogP contribution >= 0.6 is 15.9 Å². The summed E-state index contributed by atoms with van der Waals surface area (Å²) < 4.78 is 12.1. The fourth-order valence-corrected chi connectivity index (χ4v) is 2.67. The number of hydrogen-bond donors (Lipinski definition) is 0. The van der Waals surface area contributed by atoms with Gasteiger partial charge < -0.3 is 9.47 Å². The Balaban J connectivity index is 2.19. The zero-order valence-electron chi connectivity index (χ0n) is 10.6. The number of halogens is 1. The molecule has 2 nitrogen and oxygen atoms in total. The van der Waals surface area contributed by atoms with Crippen LogP contribution in [0.1, 0.15) is 38.2 Å². The summed E-state index contributed by atoms with van der Waals surface area (Å²) in [5.74, 6) is 1.49. The van der Waals surface area contributed by atoms with Gasteiger partial charge in [-0.1, -0.05) is 22.9 Å². The Morgan fingerprint density at radius 1 is 1.47 bits per heavy atom. The minimum absolute atomic E-state index is 0.433. The highest BCUT2D eigenvalue weighted by Gasteiger charge is 2.36. The van der Waals surface area contributed by atoms with Crippen molar-refractivity contribution in [3.05, 3.63) is 28.2 Å². The molecule has 1 heterocycles. The third-order valence-corrected chi connectivity index (χ3v) is 3.97. The van der Waals surface area contributed by atoms with Crippen molar-refractivity contribution in [2.75, 3.05) is 7.11 Å². The van der Waals surface area contributed by atoms with Crippen molar-refractivity contribution < 1.29 is 9.47 Å². The van der Waals surface area contributed by atoms with Gasteiger partial charge in [-0.2, -0.15) is 0 Å². The highest BCUT2D eigenvalue weighted by Crippen LogP contribution is 2.38. The number of methoxy groups -OCH3 is 1. The van der Waals surface area contributed by atoms with Gasteiger partial charge in [0.25, 0.3) is 0 Å². The summed E-state index contributed by atoms with van der Waals surface area (Å²) in [6.45, 7) is 4.35. The molecular weight excluding hydrogens is 280 g/mol. The van der Waals surface area contributed by atoms with Crippen molar-refractivity contribution in [3.63, 3.8) is 0 Å². The van der Waals surface area contributed by atoms with Gasteiger partial charge in [0, 0.05) is 4.47 Å². The molecule has 3 unspecified atom stereocenters. The third-order valence-electron chi connectivity index (χ3n) is 3.48. The maximum Gasteiger partial charge on any atom is 0.122 e. The molecule has 0 N–H and O–H groups in total. The van der Waals surface area contributed by atoms with E-state index in [1.165, 1.54) is 5.56 Å². The SMILES string of the molecule is CCC(CC1OC1C)c1cc(Br)ccc1OC. The molecule has 1 aromatic rings. The van der Waals surface area contributed by atoms with Crippen LogP contribution in [0.15, 0.2) is 22.7 Å². The third kappa shape index (κ3) is 3.02. The fourth-order valence-electron chi connectivity index (χ4n) is 2.30. The molecule has 1 saturated heterocycles. The smallest absolute Gasteiger partial charge is 0.122 e. The van der Waals surface area contributed by atoms with Crippen molar-refractivity contribution in [2.45, 2.75) is 44.8 Å². The monoisotopic (exact) mass is 298 g/mol. The van der Waals surface area contributed by atoms with Crippen LogP contribution in [0.4, 0.5) is 0 Å². The first-order valence-corrected chi connectivity index (χ1v) is 6.94. The van der Waals surface area contributed by atoms with Crippen LogP contribution in [0.5, 0.6) is 5.75 Å². The summed E-state index contributed by atoms with van der Waals surface area (Å²) in [5, 5.41) is 0. The van der Waals surface area contributed by atoms with E-state index in [0.29, 0.717) is 18.1 Å².